The summed E-state index contributed by atoms with van der Waals surface area (Å²) in [5.74, 6) is -1.12. The highest BCUT2D eigenvalue weighted by Crippen LogP contribution is 2.26. The normalized spacial score (nSPS) is 20.5. The first kappa shape index (κ1) is 12.5. The lowest BCUT2D eigenvalue weighted by Gasteiger charge is -2.29. The summed E-state index contributed by atoms with van der Waals surface area (Å²) in [6.07, 6.45) is 1.93. The fourth-order valence-corrected chi connectivity index (χ4v) is 1.92. The Morgan fingerprint density at radius 1 is 1.40 bits per heavy atom. The monoisotopic (exact) mass is 215 g/mol. The first-order chi connectivity index (χ1) is 6.93. The summed E-state index contributed by atoms with van der Waals surface area (Å²) in [5, 5.41) is 18.3. The molecule has 1 heterocycles. The van der Waals surface area contributed by atoms with Crippen LogP contribution in [0.3, 0.4) is 0 Å². The second-order valence-electron chi connectivity index (χ2n) is 5.03. The third kappa shape index (κ3) is 3.47. The van der Waals surface area contributed by atoms with Crippen LogP contribution in [0, 0.1) is 5.41 Å². The van der Waals surface area contributed by atoms with Crippen LogP contribution in [0.15, 0.2) is 0 Å². The quantitative estimate of drug-likeness (QED) is 0.716. The smallest absolute Gasteiger partial charge is 0.333 e. The van der Waals surface area contributed by atoms with Crippen molar-refractivity contribution in [2.75, 3.05) is 19.6 Å². The molecule has 88 valence electrons. The van der Waals surface area contributed by atoms with Crippen molar-refractivity contribution in [3.63, 3.8) is 0 Å². The third-order valence-corrected chi connectivity index (χ3v) is 3.25. The van der Waals surface area contributed by atoms with Crippen LogP contribution >= 0.6 is 0 Å². The third-order valence-electron chi connectivity index (χ3n) is 3.25. The van der Waals surface area contributed by atoms with E-state index >= 15 is 0 Å². The van der Waals surface area contributed by atoms with Crippen LogP contribution in [-0.4, -0.2) is 46.8 Å². The molecule has 4 nitrogen and oxygen atoms in total. The molecule has 1 aliphatic heterocycles. The lowest BCUT2D eigenvalue weighted by Crippen LogP contribution is -2.39. The van der Waals surface area contributed by atoms with Gasteiger partial charge < -0.3 is 15.1 Å². The molecule has 2 N–H and O–H groups in total. The highest BCUT2D eigenvalue weighted by Gasteiger charge is 2.33. The van der Waals surface area contributed by atoms with E-state index in [9.17, 15) is 9.90 Å². The van der Waals surface area contributed by atoms with Gasteiger partial charge in [0.05, 0.1) is 0 Å². The lowest BCUT2D eigenvalue weighted by molar-refractivity contribution is -0.153. The van der Waals surface area contributed by atoms with Crippen LogP contribution in [0.25, 0.3) is 0 Å². The zero-order valence-electron chi connectivity index (χ0n) is 9.57. The van der Waals surface area contributed by atoms with E-state index in [2.05, 4.69) is 4.90 Å². The molecule has 1 rings (SSSR count). The van der Waals surface area contributed by atoms with Crippen molar-refractivity contribution in [3.8, 4) is 0 Å². The van der Waals surface area contributed by atoms with Crippen molar-refractivity contribution in [2.24, 2.45) is 5.41 Å². The molecule has 0 aromatic heterocycles. The predicted octanol–water partition coefficient (Wildman–Crippen LogP) is 0.944. The number of hydrogen-bond acceptors (Lipinski definition) is 3. The van der Waals surface area contributed by atoms with Crippen molar-refractivity contribution in [1.82, 2.24) is 4.90 Å². The Labute approximate surface area is 90.9 Å². The molecular weight excluding hydrogens is 194 g/mol. The minimum atomic E-state index is -1.26. The fraction of sp³-hybridized carbons (Fsp3) is 0.909. The summed E-state index contributed by atoms with van der Waals surface area (Å²) < 4.78 is 0. The summed E-state index contributed by atoms with van der Waals surface area (Å²) in [6.45, 7) is 6.72. The van der Waals surface area contributed by atoms with Gasteiger partial charge in [-0.05, 0) is 38.9 Å². The predicted molar refractivity (Wildman–Crippen MR) is 57.7 cm³/mol. The molecule has 15 heavy (non-hydrogen) atoms. The molecule has 4 heteroatoms. The number of aliphatic hydroxyl groups is 1. The number of rotatable bonds is 5. The summed E-state index contributed by atoms with van der Waals surface area (Å²) in [7, 11) is 0. The Morgan fingerprint density at radius 2 is 1.93 bits per heavy atom. The van der Waals surface area contributed by atoms with E-state index in [0.29, 0.717) is 0 Å². The highest BCUT2D eigenvalue weighted by molar-refractivity contribution is 5.72. The van der Waals surface area contributed by atoms with Crippen LogP contribution in [0.1, 0.15) is 33.1 Å². The van der Waals surface area contributed by atoms with Gasteiger partial charge in [-0.2, -0.15) is 0 Å². The van der Waals surface area contributed by atoms with Gasteiger partial charge in [0.15, 0.2) is 6.10 Å². The maximum Gasteiger partial charge on any atom is 0.333 e. The van der Waals surface area contributed by atoms with E-state index in [1.54, 1.807) is 0 Å². The van der Waals surface area contributed by atoms with E-state index in [4.69, 9.17) is 5.11 Å². The highest BCUT2D eigenvalue weighted by atomic mass is 16.4. The molecule has 0 saturated carbocycles. The Hall–Kier alpha value is -0.610. The van der Waals surface area contributed by atoms with Gasteiger partial charge in [0.2, 0.25) is 0 Å². The first-order valence-electron chi connectivity index (χ1n) is 5.57. The number of aliphatic carboxylic acids is 1. The Bertz CT molecular complexity index is 222. The minimum Gasteiger partial charge on any atom is -0.479 e. The largest absolute Gasteiger partial charge is 0.479 e. The molecule has 0 amide bonds. The average Bonchev–Trinajstić information content (AvgIpc) is 2.66. The molecule has 0 aromatic rings. The summed E-state index contributed by atoms with van der Waals surface area (Å²) in [6, 6.07) is 0. The Morgan fingerprint density at radius 3 is 2.40 bits per heavy atom. The van der Waals surface area contributed by atoms with Gasteiger partial charge in [-0.3, -0.25) is 0 Å². The van der Waals surface area contributed by atoms with E-state index in [1.165, 1.54) is 12.8 Å². The molecule has 1 aliphatic rings. The molecule has 0 radical (unpaired) electrons. The Balaban J connectivity index is 2.37. The molecule has 1 unspecified atom stereocenters. The number of carboxylic acids is 1. The van der Waals surface area contributed by atoms with Crippen molar-refractivity contribution < 1.29 is 15.0 Å². The maximum atomic E-state index is 10.7. The van der Waals surface area contributed by atoms with Crippen LogP contribution in [0.2, 0.25) is 0 Å². The average molecular weight is 215 g/mol. The van der Waals surface area contributed by atoms with Crippen molar-refractivity contribution >= 4 is 5.97 Å². The lowest BCUT2D eigenvalue weighted by atomic mass is 9.83. The van der Waals surface area contributed by atoms with Gasteiger partial charge in [0.25, 0.3) is 0 Å². The molecule has 1 fully saturated rings. The van der Waals surface area contributed by atoms with Crippen LogP contribution < -0.4 is 0 Å². The van der Waals surface area contributed by atoms with Gasteiger partial charge in [0.1, 0.15) is 0 Å². The number of nitrogens with zero attached hydrogens (tertiary/aromatic N) is 1. The van der Waals surface area contributed by atoms with E-state index < -0.39 is 17.5 Å². The zero-order valence-corrected chi connectivity index (χ0v) is 9.57. The van der Waals surface area contributed by atoms with Crippen molar-refractivity contribution in [1.29, 1.82) is 0 Å². The fourth-order valence-electron chi connectivity index (χ4n) is 1.92. The summed E-state index contributed by atoms with van der Waals surface area (Å²) in [5.41, 5.74) is -0.547. The standard InChI is InChI=1S/C11H21NO3/c1-11(2,9(13)10(14)15)5-8-12-6-3-4-7-12/h9,13H,3-8H2,1-2H3,(H,14,15). The Kier molecular flexibility index (Phi) is 4.11. The number of likely N-dealkylation sites (tertiary alicyclic amines) is 1. The number of aliphatic hydroxyl groups excluding tert-OH is 1. The molecule has 0 aromatic carbocycles. The van der Waals surface area contributed by atoms with Crippen molar-refractivity contribution in [3.05, 3.63) is 0 Å². The number of carboxylic acid groups (broad SMARTS) is 1. The zero-order chi connectivity index (χ0) is 11.5. The molecular formula is C11H21NO3. The van der Waals surface area contributed by atoms with E-state index in [-0.39, 0.29) is 0 Å². The first-order valence-corrected chi connectivity index (χ1v) is 5.57. The van der Waals surface area contributed by atoms with Crippen molar-refractivity contribution in [2.45, 2.75) is 39.2 Å². The second kappa shape index (κ2) is 4.94. The van der Waals surface area contributed by atoms with Gasteiger partial charge in [0, 0.05) is 5.41 Å². The molecule has 0 aliphatic carbocycles. The maximum absolute atomic E-state index is 10.7. The van der Waals surface area contributed by atoms with Crippen LogP contribution in [0.4, 0.5) is 0 Å². The number of carbonyl (C=O) groups is 1. The van der Waals surface area contributed by atoms with Gasteiger partial charge in [-0.15, -0.1) is 0 Å². The van der Waals surface area contributed by atoms with Gasteiger partial charge >= 0.3 is 5.97 Å². The molecule has 0 spiro atoms. The van der Waals surface area contributed by atoms with Gasteiger partial charge in [-0.25, -0.2) is 4.79 Å². The SMILES string of the molecule is CC(C)(CCN1CCCC1)C(O)C(=O)O. The van der Waals surface area contributed by atoms with Gasteiger partial charge in [-0.1, -0.05) is 13.8 Å². The van der Waals surface area contributed by atoms with Crippen LogP contribution in [0.5, 0.6) is 0 Å². The van der Waals surface area contributed by atoms with Crippen LogP contribution in [-0.2, 0) is 4.79 Å². The van der Waals surface area contributed by atoms with E-state index in [1.807, 2.05) is 13.8 Å². The molecule has 0 bridgehead atoms. The topological polar surface area (TPSA) is 60.8 Å². The number of hydrogen-bond donors (Lipinski definition) is 2. The minimum absolute atomic E-state index is 0.547. The molecule has 1 saturated heterocycles. The summed E-state index contributed by atoms with van der Waals surface area (Å²) >= 11 is 0. The molecule has 1 atom stereocenters. The van der Waals surface area contributed by atoms with E-state index in [0.717, 1.165) is 26.1 Å². The summed E-state index contributed by atoms with van der Waals surface area (Å²) in [4.78, 5) is 13.0. The second-order valence-corrected chi connectivity index (χ2v) is 5.03.